The summed E-state index contributed by atoms with van der Waals surface area (Å²) in [5.41, 5.74) is 9.45. The fourth-order valence-electron chi connectivity index (χ4n) is 2.03. The quantitative estimate of drug-likeness (QED) is 0.565. The first-order valence-electron chi connectivity index (χ1n) is 5.44. The van der Waals surface area contributed by atoms with Gasteiger partial charge in [0, 0.05) is 5.69 Å². The minimum Gasteiger partial charge on any atom is -0.508 e. The Morgan fingerprint density at radius 2 is 1.82 bits per heavy atom. The molecule has 0 spiro atoms. The number of phenolic OH excluding ortho intramolecular Hbond substituents is 1. The lowest BCUT2D eigenvalue weighted by Gasteiger charge is -2.12. The molecule has 0 aliphatic carbocycles. The Morgan fingerprint density at radius 1 is 1.00 bits per heavy atom. The van der Waals surface area contributed by atoms with Gasteiger partial charge in [0.15, 0.2) is 0 Å². The highest BCUT2D eigenvalue weighted by Gasteiger charge is 2.20. The SMILES string of the molecule is Nc1ccc2c(c1)NC(c1cccc(O)c1)N2. The van der Waals surface area contributed by atoms with Crippen molar-refractivity contribution in [3.05, 3.63) is 48.0 Å². The summed E-state index contributed by atoms with van der Waals surface area (Å²) in [5.74, 6) is 0.265. The van der Waals surface area contributed by atoms with Crippen molar-refractivity contribution in [2.75, 3.05) is 16.4 Å². The van der Waals surface area contributed by atoms with Crippen LogP contribution in [0, 0.1) is 0 Å². The molecule has 5 N–H and O–H groups in total. The van der Waals surface area contributed by atoms with E-state index in [1.807, 2.05) is 30.3 Å². The number of phenols is 1. The van der Waals surface area contributed by atoms with E-state index in [0.717, 1.165) is 22.6 Å². The second-order valence-corrected chi connectivity index (χ2v) is 4.12. The summed E-state index contributed by atoms with van der Waals surface area (Å²) in [5, 5.41) is 16.1. The van der Waals surface area contributed by atoms with Crippen molar-refractivity contribution in [2.24, 2.45) is 0 Å². The average molecular weight is 227 g/mol. The minimum atomic E-state index is -0.0288. The van der Waals surface area contributed by atoms with Gasteiger partial charge in [-0.2, -0.15) is 0 Å². The molecule has 1 atom stereocenters. The van der Waals surface area contributed by atoms with E-state index in [-0.39, 0.29) is 11.9 Å². The molecule has 1 heterocycles. The number of aromatic hydroxyl groups is 1. The number of benzene rings is 2. The Kier molecular flexibility index (Phi) is 2.08. The van der Waals surface area contributed by atoms with Gasteiger partial charge in [0.25, 0.3) is 0 Å². The summed E-state index contributed by atoms with van der Waals surface area (Å²) in [6.45, 7) is 0. The van der Waals surface area contributed by atoms with Gasteiger partial charge in [0.1, 0.15) is 11.9 Å². The van der Waals surface area contributed by atoms with Crippen LogP contribution in [0.2, 0.25) is 0 Å². The van der Waals surface area contributed by atoms with E-state index in [4.69, 9.17) is 5.73 Å². The van der Waals surface area contributed by atoms with E-state index in [1.54, 1.807) is 12.1 Å². The van der Waals surface area contributed by atoms with Crippen molar-refractivity contribution in [3.63, 3.8) is 0 Å². The molecule has 0 bridgehead atoms. The van der Waals surface area contributed by atoms with Crippen molar-refractivity contribution in [1.82, 2.24) is 0 Å². The Labute approximate surface area is 99.1 Å². The molecule has 1 aliphatic heterocycles. The first-order chi connectivity index (χ1) is 8.22. The molecule has 3 rings (SSSR count). The van der Waals surface area contributed by atoms with Gasteiger partial charge in [-0.25, -0.2) is 0 Å². The molecular formula is C13H13N3O. The second-order valence-electron chi connectivity index (χ2n) is 4.12. The summed E-state index contributed by atoms with van der Waals surface area (Å²) in [4.78, 5) is 0. The average Bonchev–Trinajstić information content (AvgIpc) is 2.72. The molecule has 0 fully saturated rings. The van der Waals surface area contributed by atoms with E-state index in [9.17, 15) is 5.11 Å². The predicted molar refractivity (Wildman–Crippen MR) is 68.9 cm³/mol. The first-order valence-corrected chi connectivity index (χ1v) is 5.44. The van der Waals surface area contributed by atoms with Gasteiger partial charge < -0.3 is 21.5 Å². The molecule has 4 heteroatoms. The molecule has 2 aromatic carbocycles. The van der Waals surface area contributed by atoms with Gasteiger partial charge in [-0.1, -0.05) is 12.1 Å². The molecule has 0 saturated carbocycles. The normalized spacial score (nSPS) is 17.1. The lowest BCUT2D eigenvalue weighted by atomic mass is 10.1. The maximum absolute atomic E-state index is 9.46. The van der Waals surface area contributed by atoms with Crippen molar-refractivity contribution in [3.8, 4) is 5.75 Å². The Morgan fingerprint density at radius 3 is 2.65 bits per heavy atom. The van der Waals surface area contributed by atoms with Crippen LogP contribution in [-0.4, -0.2) is 5.11 Å². The smallest absolute Gasteiger partial charge is 0.123 e. The monoisotopic (exact) mass is 227 g/mol. The van der Waals surface area contributed by atoms with Gasteiger partial charge in [0.05, 0.1) is 11.4 Å². The summed E-state index contributed by atoms with van der Waals surface area (Å²) in [6.07, 6.45) is -0.0288. The zero-order chi connectivity index (χ0) is 11.8. The number of nitrogens with one attached hydrogen (secondary N) is 2. The van der Waals surface area contributed by atoms with Crippen molar-refractivity contribution >= 4 is 17.1 Å². The zero-order valence-corrected chi connectivity index (χ0v) is 9.14. The van der Waals surface area contributed by atoms with Gasteiger partial charge in [0.2, 0.25) is 0 Å². The molecule has 0 saturated heterocycles. The molecule has 4 nitrogen and oxygen atoms in total. The molecular weight excluding hydrogens is 214 g/mol. The lowest BCUT2D eigenvalue weighted by molar-refractivity contribution is 0.474. The number of nitrogens with two attached hydrogens (primary N) is 1. The maximum Gasteiger partial charge on any atom is 0.123 e. The summed E-state index contributed by atoms with van der Waals surface area (Å²) in [6, 6.07) is 12.9. The number of rotatable bonds is 1. The molecule has 2 aromatic rings. The van der Waals surface area contributed by atoms with Crippen LogP contribution in [0.5, 0.6) is 5.75 Å². The van der Waals surface area contributed by atoms with Crippen molar-refractivity contribution < 1.29 is 5.11 Å². The highest BCUT2D eigenvalue weighted by molar-refractivity contribution is 5.78. The molecule has 1 aliphatic rings. The molecule has 0 aromatic heterocycles. The van der Waals surface area contributed by atoms with Crippen LogP contribution in [0.1, 0.15) is 11.7 Å². The van der Waals surface area contributed by atoms with Crippen LogP contribution < -0.4 is 16.4 Å². The van der Waals surface area contributed by atoms with Crippen LogP contribution in [0.3, 0.4) is 0 Å². The summed E-state index contributed by atoms with van der Waals surface area (Å²) < 4.78 is 0. The standard InChI is InChI=1S/C13H13N3O/c14-9-4-5-11-12(7-9)16-13(15-11)8-2-1-3-10(17)6-8/h1-7,13,15-17H,14H2. The van der Waals surface area contributed by atoms with Crippen LogP contribution in [-0.2, 0) is 0 Å². The number of anilines is 3. The fraction of sp³-hybridized carbons (Fsp3) is 0.0769. The minimum absolute atomic E-state index is 0.0288. The van der Waals surface area contributed by atoms with Gasteiger partial charge >= 0.3 is 0 Å². The van der Waals surface area contributed by atoms with Crippen molar-refractivity contribution in [2.45, 2.75) is 6.17 Å². The predicted octanol–water partition coefficient (Wildman–Crippen LogP) is 2.51. The highest BCUT2D eigenvalue weighted by Crippen LogP contribution is 2.36. The summed E-state index contributed by atoms with van der Waals surface area (Å²) >= 11 is 0. The van der Waals surface area contributed by atoms with Crippen LogP contribution >= 0.6 is 0 Å². The van der Waals surface area contributed by atoms with E-state index in [2.05, 4.69) is 10.6 Å². The van der Waals surface area contributed by atoms with Gasteiger partial charge in [-0.15, -0.1) is 0 Å². The van der Waals surface area contributed by atoms with E-state index >= 15 is 0 Å². The second kappa shape index (κ2) is 3.59. The molecule has 86 valence electrons. The number of fused-ring (bicyclic) bond motifs is 1. The van der Waals surface area contributed by atoms with E-state index in [0.29, 0.717) is 0 Å². The highest BCUT2D eigenvalue weighted by atomic mass is 16.3. The number of hydrogen-bond acceptors (Lipinski definition) is 4. The zero-order valence-electron chi connectivity index (χ0n) is 9.14. The van der Waals surface area contributed by atoms with Gasteiger partial charge in [-0.05, 0) is 35.9 Å². The van der Waals surface area contributed by atoms with E-state index in [1.165, 1.54) is 0 Å². The van der Waals surface area contributed by atoms with Crippen LogP contribution in [0.4, 0.5) is 17.1 Å². The molecule has 17 heavy (non-hydrogen) atoms. The molecule has 0 radical (unpaired) electrons. The van der Waals surface area contributed by atoms with E-state index < -0.39 is 0 Å². The Balaban J connectivity index is 1.91. The van der Waals surface area contributed by atoms with Crippen molar-refractivity contribution in [1.29, 1.82) is 0 Å². The lowest BCUT2D eigenvalue weighted by Crippen LogP contribution is -2.11. The maximum atomic E-state index is 9.46. The molecule has 1 unspecified atom stereocenters. The molecule has 0 amide bonds. The van der Waals surface area contributed by atoms with Crippen LogP contribution in [0.25, 0.3) is 0 Å². The third-order valence-electron chi connectivity index (χ3n) is 2.85. The third-order valence-corrected chi connectivity index (χ3v) is 2.85. The number of hydrogen-bond donors (Lipinski definition) is 4. The van der Waals surface area contributed by atoms with Gasteiger partial charge in [-0.3, -0.25) is 0 Å². The topological polar surface area (TPSA) is 70.3 Å². The first kappa shape index (κ1) is 9.84. The van der Waals surface area contributed by atoms with Crippen LogP contribution in [0.15, 0.2) is 42.5 Å². The Hall–Kier alpha value is -2.36. The fourth-order valence-corrected chi connectivity index (χ4v) is 2.03. The Bertz CT molecular complexity index is 568. The summed E-state index contributed by atoms with van der Waals surface area (Å²) in [7, 11) is 0. The number of nitrogen functional groups attached to an aromatic ring is 1. The third kappa shape index (κ3) is 1.73. The largest absolute Gasteiger partial charge is 0.508 e.